The second-order valence-electron chi connectivity index (χ2n) is 12.7. The zero-order valence-corrected chi connectivity index (χ0v) is 28.3. The van der Waals surface area contributed by atoms with Gasteiger partial charge in [-0.05, 0) is 62.7 Å². The maximum absolute atomic E-state index is 5.00. The Kier molecular flexibility index (Phi) is 8.16. The normalized spacial score (nSPS) is 11.1. The number of para-hydroxylation sites is 1. The molecule has 52 heavy (non-hydrogen) atoms. The number of aromatic nitrogens is 4. The molecule has 0 spiro atoms. The highest BCUT2D eigenvalue weighted by molar-refractivity contribution is 5.94. The fraction of sp³-hybridized carbons (Fsp3) is 0. The minimum atomic E-state index is 0.638. The average Bonchev–Trinajstić information content (AvgIpc) is 3.24. The molecule has 0 aliphatic heterocycles. The summed E-state index contributed by atoms with van der Waals surface area (Å²) in [7, 11) is 0. The third-order valence-corrected chi connectivity index (χ3v) is 9.43. The van der Waals surface area contributed by atoms with Crippen molar-refractivity contribution in [3.05, 3.63) is 194 Å². The van der Waals surface area contributed by atoms with Crippen molar-refractivity contribution < 1.29 is 0 Å². The molecule has 4 nitrogen and oxygen atoms in total. The lowest BCUT2D eigenvalue weighted by Crippen LogP contribution is -2.00. The van der Waals surface area contributed by atoms with E-state index in [-0.39, 0.29) is 0 Å². The van der Waals surface area contributed by atoms with Crippen LogP contribution in [0, 0.1) is 0 Å². The molecule has 0 radical (unpaired) electrons. The van der Waals surface area contributed by atoms with E-state index in [0.717, 1.165) is 49.8 Å². The van der Waals surface area contributed by atoms with E-state index in [1.165, 1.54) is 22.3 Å². The Bertz CT molecular complexity index is 2630. The largest absolute Gasteiger partial charge is 0.256 e. The van der Waals surface area contributed by atoms with E-state index in [2.05, 4.69) is 151 Å². The van der Waals surface area contributed by atoms with E-state index >= 15 is 0 Å². The molecule has 9 rings (SSSR count). The maximum atomic E-state index is 5.00. The zero-order chi connectivity index (χ0) is 34.7. The Hall–Kier alpha value is -7.04. The highest BCUT2D eigenvalue weighted by Gasteiger charge is 2.14. The first-order valence-corrected chi connectivity index (χ1v) is 17.4. The van der Waals surface area contributed by atoms with Crippen molar-refractivity contribution >= 4 is 10.9 Å². The summed E-state index contributed by atoms with van der Waals surface area (Å²) in [4.78, 5) is 19.4. The standard InChI is InChI=1S/C48H32N4/c1-3-10-33(11-4-1)41-14-9-15-42(32-41)48-51-46(39-12-5-2-6-13-39)50-47(52-48)40-28-24-37(25-29-40)35-20-18-34(19-21-35)36-22-26-38(27-23-36)43-30-31-49-45-17-8-7-16-44(43)45/h1-32H. The topological polar surface area (TPSA) is 51.6 Å². The van der Waals surface area contributed by atoms with Crippen LogP contribution < -0.4 is 0 Å². The molecule has 0 atom stereocenters. The molecule has 0 saturated carbocycles. The lowest BCUT2D eigenvalue weighted by Gasteiger charge is -2.10. The molecule has 0 saturated heterocycles. The summed E-state index contributed by atoms with van der Waals surface area (Å²) >= 11 is 0. The molecule has 0 unspecified atom stereocenters. The van der Waals surface area contributed by atoms with Crippen molar-refractivity contribution in [3.63, 3.8) is 0 Å². The summed E-state index contributed by atoms with van der Waals surface area (Å²) in [5.41, 5.74) is 13.1. The first-order chi connectivity index (χ1) is 25.7. The summed E-state index contributed by atoms with van der Waals surface area (Å²) in [5.74, 6) is 1.93. The van der Waals surface area contributed by atoms with Gasteiger partial charge in [0.25, 0.3) is 0 Å². The number of benzene rings is 7. The van der Waals surface area contributed by atoms with Gasteiger partial charge in [0.1, 0.15) is 0 Å². The van der Waals surface area contributed by atoms with Crippen molar-refractivity contribution in [1.82, 2.24) is 19.9 Å². The average molecular weight is 665 g/mol. The van der Waals surface area contributed by atoms with Gasteiger partial charge in [0.2, 0.25) is 0 Å². The highest BCUT2D eigenvalue weighted by Crippen LogP contribution is 2.32. The Balaban J connectivity index is 0.992. The number of pyridine rings is 1. The molecular formula is C48H32N4. The predicted octanol–water partition coefficient (Wildman–Crippen LogP) is 12.1. The first kappa shape index (κ1) is 31.0. The van der Waals surface area contributed by atoms with Crippen molar-refractivity contribution in [2.24, 2.45) is 0 Å². The Morgan fingerprint density at radius 3 is 1.27 bits per heavy atom. The van der Waals surface area contributed by atoms with Crippen LogP contribution in [0.15, 0.2) is 194 Å². The summed E-state index contributed by atoms with van der Waals surface area (Å²) in [6.07, 6.45) is 1.88. The minimum absolute atomic E-state index is 0.638. The molecular weight excluding hydrogens is 633 g/mol. The van der Waals surface area contributed by atoms with E-state index in [9.17, 15) is 0 Å². The summed E-state index contributed by atoms with van der Waals surface area (Å²) in [6.45, 7) is 0. The van der Waals surface area contributed by atoms with Crippen LogP contribution in [0.3, 0.4) is 0 Å². The van der Waals surface area contributed by atoms with Crippen molar-refractivity contribution in [2.75, 3.05) is 0 Å². The molecule has 0 amide bonds. The van der Waals surface area contributed by atoms with Crippen LogP contribution in [0.2, 0.25) is 0 Å². The third-order valence-electron chi connectivity index (χ3n) is 9.43. The zero-order valence-electron chi connectivity index (χ0n) is 28.3. The fourth-order valence-corrected chi connectivity index (χ4v) is 6.68. The molecule has 244 valence electrons. The van der Waals surface area contributed by atoms with Gasteiger partial charge < -0.3 is 0 Å². The SMILES string of the molecule is c1ccc(-c2cccc(-c3nc(-c4ccccc4)nc(-c4ccc(-c5ccc(-c6ccc(-c7ccnc8ccccc78)cc6)cc5)cc4)n3)c2)cc1. The van der Waals surface area contributed by atoms with Gasteiger partial charge in [0, 0.05) is 28.3 Å². The van der Waals surface area contributed by atoms with Gasteiger partial charge in [-0.1, -0.05) is 170 Å². The lowest BCUT2D eigenvalue weighted by molar-refractivity contribution is 1.07. The van der Waals surface area contributed by atoms with Crippen LogP contribution in [-0.2, 0) is 0 Å². The molecule has 0 fully saturated rings. The Morgan fingerprint density at radius 1 is 0.269 bits per heavy atom. The number of rotatable bonds is 7. The molecule has 7 aromatic carbocycles. The van der Waals surface area contributed by atoms with Crippen LogP contribution in [0.5, 0.6) is 0 Å². The second-order valence-corrected chi connectivity index (χ2v) is 12.7. The molecule has 2 heterocycles. The summed E-state index contributed by atoms with van der Waals surface area (Å²) < 4.78 is 0. The smallest absolute Gasteiger partial charge is 0.164 e. The first-order valence-electron chi connectivity index (χ1n) is 17.4. The van der Waals surface area contributed by atoms with E-state index in [1.807, 2.05) is 48.7 Å². The van der Waals surface area contributed by atoms with Gasteiger partial charge in [-0.3, -0.25) is 4.98 Å². The fourth-order valence-electron chi connectivity index (χ4n) is 6.68. The van der Waals surface area contributed by atoms with Gasteiger partial charge in [-0.2, -0.15) is 0 Å². The van der Waals surface area contributed by atoms with Gasteiger partial charge in [-0.25, -0.2) is 15.0 Å². The number of hydrogen-bond donors (Lipinski definition) is 0. The van der Waals surface area contributed by atoms with Crippen LogP contribution in [0.25, 0.3) is 89.6 Å². The van der Waals surface area contributed by atoms with Gasteiger partial charge in [-0.15, -0.1) is 0 Å². The predicted molar refractivity (Wildman–Crippen MR) is 213 cm³/mol. The van der Waals surface area contributed by atoms with Crippen LogP contribution >= 0.6 is 0 Å². The monoisotopic (exact) mass is 664 g/mol. The van der Waals surface area contributed by atoms with Crippen LogP contribution in [0.1, 0.15) is 0 Å². The van der Waals surface area contributed by atoms with E-state index < -0.39 is 0 Å². The van der Waals surface area contributed by atoms with E-state index in [4.69, 9.17) is 15.0 Å². The quantitative estimate of drug-likeness (QED) is 0.170. The molecule has 0 aliphatic rings. The summed E-state index contributed by atoms with van der Waals surface area (Å²) in [5, 5.41) is 1.16. The van der Waals surface area contributed by atoms with Gasteiger partial charge >= 0.3 is 0 Å². The van der Waals surface area contributed by atoms with Crippen molar-refractivity contribution in [2.45, 2.75) is 0 Å². The van der Waals surface area contributed by atoms with E-state index in [0.29, 0.717) is 17.5 Å². The molecule has 2 aromatic heterocycles. The Morgan fingerprint density at radius 2 is 0.673 bits per heavy atom. The van der Waals surface area contributed by atoms with Crippen molar-refractivity contribution in [3.8, 4) is 78.7 Å². The van der Waals surface area contributed by atoms with E-state index in [1.54, 1.807) is 0 Å². The molecule has 0 N–H and O–H groups in total. The second kappa shape index (κ2) is 13.7. The van der Waals surface area contributed by atoms with Crippen molar-refractivity contribution in [1.29, 1.82) is 0 Å². The highest BCUT2D eigenvalue weighted by atomic mass is 15.0. The minimum Gasteiger partial charge on any atom is -0.256 e. The number of hydrogen-bond acceptors (Lipinski definition) is 4. The molecule has 0 aliphatic carbocycles. The maximum Gasteiger partial charge on any atom is 0.164 e. The molecule has 4 heteroatoms. The van der Waals surface area contributed by atoms with Crippen LogP contribution in [-0.4, -0.2) is 19.9 Å². The third kappa shape index (κ3) is 6.26. The molecule has 9 aromatic rings. The Labute approximate surface area is 302 Å². The number of nitrogens with zero attached hydrogens (tertiary/aromatic N) is 4. The lowest BCUT2D eigenvalue weighted by atomic mass is 9.96. The molecule has 0 bridgehead atoms. The van der Waals surface area contributed by atoms with Gasteiger partial charge in [0.05, 0.1) is 5.52 Å². The summed E-state index contributed by atoms with van der Waals surface area (Å²) in [6, 6.07) is 65.2. The van der Waals surface area contributed by atoms with Crippen LogP contribution in [0.4, 0.5) is 0 Å². The number of fused-ring (bicyclic) bond motifs is 1. The van der Waals surface area contributed by atoms with Gasteiger partial charge in [0.15, 0.2) is 17.5 Å².